The van der Waals surface area contributed by atoms with E-state index in [9.17, 15) is 0 Å². The third kappa shape index (κ3) is 2.93. The summed E-state index contributed by atoms with van der Waals surface area (Å²) < 4.78 is 11.8. The van der Waals surface area contributed by atoms with E-state index in [4.69, 9.17) is 15.2 Å². The maximum Gasteiger partial charge on any atom is 0.139 e. The molecule has 0 fully saturated rings. The highest BCUT2D eigenvalue weighted by atomic mass is 79.9. The maximum atomic E-state index is 5.61. The van der Waals surface area contributed by atoms with Gasteiger partial charge < -0.3 is 15.2 Å². The fourth-order valence-electron chi connectivity index (χ4n) is 2.06. The molecule has 1 unspecified atom stereocenters. The van der Waals surface area contributed by atoms with Crippen LogP contribution >= 0.6 is 15.9 Å². The van der Waals surface area contributed by atoms with Gasteiger partial charge in [-0.1, -0.05) is 6.92 Å². The molecule has 0 spiro atoms. The van der Waals surface area contributed by atoms with Crippen LogP contribution in [0.4, 0.5) is 0 Å². The van der Waals surface area contributed by atoms with E-state index in [1.807, 2.05) is 6.92 Å². The van der Waals surface area contributed by atoms with Gasteiger partial charge in [-0.25, -0.2) is 0 Å². The van der Waals surface area contributed by atoms with Crippen molar-refractivity contribution in [2.45, 2.75) is 26.2 Å². The lowest BCUT2D eigenvalue weighted by Crippen LogP contribution is -2.07. The van der Waals surface area contributed by atoms with Gasteiger partial charge in [0.05, 0.1) is 18.7 Å². The fourth-order valence-corrected chi connectivity index (χ4v) is 2.77. The first-order chi connectivity index (χ1) is 8.06. The molecule has 17 heavy (non-hydrogen) atoms. The van der Waals surface area contributed by atoms with Crippen LogP contribution in [0.3, 0.4) is 0 Å². The summed E-state index contributed by atoms with van der Waals surface area (Å²) in [5.74, 6) is 2.09. The molecule has 0 aromatic heterocycles. The van der Waals surface area contributed by atoms with Gasteiger partial charge in [0.2, 0.25) is 0 Å². The molecule has 0 radical (unpaired) electrons. The Hall–Kier alpha value is -0.740. The molecule has 0 aliphatic carbocycles. The summed E-state index contributed by atoms with van der Waals surface area (Å²) in [6.07, 6.45) is 0.939. The zero-order valence-corrected chi connectivity index (χ0v) is 12.4. The van der Waals surface area contributed by atoms with Crippen LogP contribution in [-0.2, 0) is 0 Å². The molecule has 1 rings (SSSR count). The van der Waals surface area contributed by atoms with Gasteiger partial charge in [-0.05, 0) is 53.4 Å². The Morgan fingerprint density at radius 3 is 2.35 bits per heavy atom. The van der Waals surface area contributed by atoms with E-state index < -0.39 is 0 Å². The van der Waals surface area contributed by atoms with Crippen LogP contribution in [0.15, 0.2) is 10.5 Å². The van der Waals surface area contributed by atoms with Crippen molar-refractivity contribution in [3.05, 3.63) is 21.7 Å². The molecule has 0 heterocycles. The van der Waals surface area contributed by atoms with Crippen LogP contribution in [0.2, 0.25) is 0 Å². The molecular weight excluding hydrogens is 282 g/mol. The summed E-state index contributed by atoms with van der Waals surface area (Å²) in [4.78, 5) is 0. The average molecular weight is 302 g/mol. The number of halogens is 1. The highest BCUT2D eigenvalue weighted by molar-refractivity contribution is 9.10. The number of hydrogen-bond acceptors (Lipinski definition) is 3. The van der Waals surface area contributed by atoms with Gasteiger partial charge in [0, 0.05) is 5.56 Å². The Kier molecular flexibility index (Phi) is 5.28. The van der Waals surface area contributed by atoms with Gasteiger partial charge in [0.15, 0.2) is 0 Å². The summed E-state index contributed by atoms with van der Waals surface area (Å²) in [5.41, 5.74) is 7.80. The molecule has 96 valence electrons. The number of benzene rings is 1. The largest absolute Gasteiger partial charge is 0.496 e. The van der Waals surface area contributed by atoms with Crippen molar-refractivity contribution in [2.75, 3.05) is 20.8 Å². The van der Waals surface area contributed by atoms with Crippen molar-refractivity contribution in [3.63, 3.8) is 0 Å². The van der Waals surface area contributed by atoms with Gasteiger partial charge in [0.1, 0.15) is 11.5 Å². The molecule has 0 aliphatic rings. The maximum absolute atomic E-state index is 5.61. The standard InChI is InChI=1S/C13H20BrNO2/c1-8(5-6-15)10-7-11(14)13(17-4)9(2)12(10)16-3/h7-8H,5-6,15H2,1-4H3. The summed E-state index contributed by atoms with van der Waals surface area (Å²) in [6.45, 7) is 4.83. The van der Waals surface area contributed by atoms with E-state index >= 15 is 0 Å². The third-order valence-electron chi connectivity index (χ3n) is 2.98. The van der Waals surface area contributed by atoms with Crippen molar-refractivity contribution >= 4 is 15.9 Å². The lowest BCUT2D eigenvalue weighted by Gasteiger charge is -2.20. The molecule has 4 heteroatoms. The van der Waals surface area contributed by atoms with Crippen molar-refractivity contribution in [1.29, 1.82) is 0 Å². The van der Waals surface area contributed by atoms with E-state index in [1.54, 1.807) is 14.2 Å². The zero-order valence-electron chi connectivity index (χ0n) is 10.8. The van der Waals surface area contributed by atoms with E-state index in [0.717, 1.165) is 28.0 Å². The minimum absolute atomic E-state index is 0.371. The van der Waals surface area contributed by atoms with Crippen LogP contribution in [0, 0.1) is 6.92 Å². The van der Waals surface area contributed by atoms with Gasteiger partial charge in [-0.2, -0.15) is 0 Å². The second kappa shape index (κ2) is 6.26. The minimum atomic E-state index is 0.371. The molecule has 3 nitrogen and oxygen atoms in total. The quantitative estimate of drug-likeness (QED) is 0.908. The van der Waals surface area contributed by atoms with Crippen LogP contribution in [0.1, 0.15) is 30.4 Å². The molecule has 1 aromatic rings. The molecule has 1 atom stereocenters. The zero-order chi connectivity index (χ0) is 13.0. The summed E-state index contributed by atoms with van der Waals surface area (Å²) in [7, 11) is 3.35. The number of rotatable bonds is 5. The fraction of sp³-hybridized carbons (Fsp3) is 0.538. The van der Waals surface area contributed by atoms with E-state index in [-0.39, 0.29) is 0 Å². The number of nitrogens with two attached hydrogens (primary N) is 1. The number of hydrogen-bond donors (Lipinski definition) is 1. The van der Waals surface area contributed by atoms with E-state index in [2.05, 4.69) is 28.9 Å². The highest BCUT2D eigenvalue weighted by Crippen LogP contribution is 2.41. The van der Waals surface area contributed by atoms with Crippen molar-refractivity contribution in [2.24, 2.45) is 5.73 Å². The molecule has 0 saturated heterocycles. The Morgan fingerprint density at radius 1 is 1.29 bits per heavy atom. The molecule has 0 aliphatic heterocycles. The number of ether oxygens (including phenoxy) is 2. The molecule has 0 saturated carbocycles. The highest BCUT2D eigenvalue weighted by Gasteiger charge is 2.18. The van der Waals surface area contributed by atoms with Gasteiger partial charge in [-0.15, -0.1) is 0 Å². The lowest BCUT2D eigenvalue weighted by molar-refractivity contribution is 0.381. The van der Waals surface area contributed by atoms with Gasteiger partial charge in [-0.3, -0.25) is 0 Å². The summed E-state index contributed by atoms with van der Waals surface area (Å²) in [6, 6.07) is 2.06. The van der Waals surface area contributed by atoms with Gasteiger partial charge in [0.25, 0.3) is 0 Å². The Labute approximate surface area is 111 Å². The summed E-state index contributed by atoms with van der Waals surface area (Å²) >= 11 is 3.53. The van der Waals surface area contributed by atoms with Crippen LogP contribution in [0.5, 0.6) is 11.5 Å². The molecule has 2 N–H and O–H groups in total. The second-order valence-corrected chi connectivity index (χ2v) is 4.97. The van der Waals surface area contributed by atoms with Crippen LogP contribution < -0.4 is 15.2 Å². The smallest absolute Gasteiger partial charge is 0.139 e. The Morgan fingerprint density at radius 2 is 1.88 bits per heavy atom. The second-order valence-electron chi connectivity index (χ2n) is 4.12. The number of methoxy groups -OCH3 is 2. The normalized spacial score (nSPS) is 12.4. The van der Waals surface area contributed by atoms with Crippen LogP contribution in [-0.4, -0.2) is 20.8 Å². The first-order valence-electron chi connectivity index (χ1n) is 5.67. The van der Waals surface area contributed by atoms with Gasteiger partial charge >= 0.3 is 0 Å². The predicted octanol–water partition coefficient (Wildman–Crippen LogP) is 3.23. The first-order valence-corrected chi connectivity index (χ1v) is 6.47. The monoisotopic (exact) mass is 301 g/mol. The topological polar surface area (TPSA) is 44.5 Å². The molecule has 0 amide bonds. The molecule has 1 aromatic carbocycles. The van der Waals surface area contributed by atoms with Crippen LogP contribution in [0.25, 0.3) is 0 Å². The minimum Gasteiger partial charge on any atom is -0.496 e. The third-order valence-corrected chi connectivity index (χ3v) is 3.57. The Balaban J connectivity index is 3.31. The van der Waals surface area contributed by atoms with E-state index in [1.165, 1.54) is 5.56 Å². The molecular formula is C13H20BrNO2. The first kappa shape index (κ1) is 14.3. The van der Waals surface area contributed by atoms with Crippen molar-refractivity contribution in [1.82, 2.24) is 0 Å². The average Bonchev–Trinajstić information content (AvgIpc) is 2.29. The Bertz CT molecular complexity index is 393. The van der Waals surface area contributed by atoms with Crippen molar-refractivity contribution in [3.8, 4) is 11.5 Å². The molecule has 0 bridgehead atoms. The van der Waals surface area contributed by atoms with E-state index in [0.29, 0.717) is 12.5 Å². The summed E-state index contributed by atoms with van der Waals surface area (Å²) in [5, 5.41) is 0. The van der Waals surface area contributed by atoms with Crippen molar-refractivity contribution < 1.29 is 9.47 Å². The lowest BCUT2D eigenvalue weighted by atomic mass is 9.94. The predicted molar refractivity (Wildman–Crippen MR) is 74.1 cm³/mol. The SMILES string of the molecule is COc1c(Br)cc(C(C)CCN)c(OC)c1C.